The molecule has 0 heterocycles. The maximum absolute atomic E-state index is 10.1. The topological polar surface area (TPSA) is 202 Å². The van der Waals surface area contributed by atoms with Crippen molar-refractivity contribution in [2.24, 2.45) is 17.2 Å². The van der Waals surface area contributed by atoms with Gasteiger partial charge in [-0.2, -0.15) is 0 Å². The number of aliphatic carboxylic acids is 3. The van der Waals surface area contributed by atoms with Gasteiger partial charge >= 0.3 is 17.9 Å². The summed E-state index contributed by atoms with van der Waals surface area (Å²) in [6.07, 6.45) is 2.16. The lowest BCUT2D eigenvalue weighted by atomic mass is 10.1. The summed E-state index contributed by atoms with van der Waals surface area (Å²) in [5.41, 5.74) is 15.0. The van der Waals surface area contributed by atoms with Crippen molar-refractivity contribution in [1.29, 1.82) is 0 Å². The van der Waals surface area contributed by atoms with E-state index in [9.17, 15) is 14.4 Å². The average Bonchev–Trinajstić information content (AvgIpc) is 2.40. The van der Waals surface area contributed by atoms with Crippen LogP contribution in [0.1, 0.15) is 19.3 Å². The first kappa shape index (κ1) is 24.3. The molecule has 0 aliphatic heterocycles. The van der Waals surface area contributed by atoms with Gasteiger partial charge in [-0.05, 0) is 26.4 Å². The Kier molecular flexibility index (Phi) is 21.1. The molecule has 0 saturated heterocycles. The van der Waals surface area contributed by atoms with Gasteiger partial charge in [-0.25, -0.2) is 0 Å². The molecule has 0 bridgehead atoms. The second-order valence-electron chi connectivity index (χ2n) is 3.75. The molecule has 10 nitrogen and oxygen atoms in total. The number of likely N-dealkylation sites (N-methyl/N-ethyl adjacent to an activating group) is 1. The van der Waals surface area contributed by atoms with E-state index >= 15 is 0 Å². The zero-order valence-electron chi connectivity index (χ0n) is 12.1. The Bertz CT molecular complexity index is 288. The number of unbranched alkanes of at least 4 members (excludes halogenated alkanes) is 1. The third kappa shape index (κ3) is 32.1. The van der Waals surface area contributed by atoms with Crippen LogP contribution in [0.2, 0.25) is 0 Å². The molecule has 10 N–H and O–H groups in total. The fourth-order valence-corrected chi connectivity index (χ4v) is 0.783. The SMILES string of the molecule is CNCC(=O)O.NCC(=O)O.NCCCC[C@H](N)C(=O)O. The number of carboxylic acids is 3. The average molecular weight is 310 g/mol. The van der Waals surface area contributed by atoms with Crippen molar-refractivity contribution < 1.29 is 29.7 Å². The number of nitrogens with one attached hydrogen (secondary N) is 1. The molecule has 0 aliphatic rings. The monoisotopic (exact) mass is 310 g/mol. The van der Waals surface area contributed by atoms with Crippen LogP contribution in [0, 0.1) is 0 Å². The summed E-state index contributed by atoms with van der Waals surface area (Å²) in [5.74, 6) is -2.72. The fourth-order valence-electron chi connectivity index (χ4n) is 0.783. The summed E-state index contributed by atoms with van der Waals surface area (Å²) < 4.78 is 0. The van der Waals surface area contributed by atoms with E-state index in [2.05, 4.69) is 11.1 Å². The van der Waals surface area contributed by atoms with E-state index in [1.807, 2.05) is 0 Å². The van der Waals surface area contributed by atoms with Crippen LogP contribution in [0.4, 0.5) is 0 Å². The minimum Gasteiger partial charge on any atom is -0.480 e. The molecule has 0 amide bonds. The van der Waals surface area contributed by atoms with Crippen molar-refractivity contribution in [2.45, 2.75) is 25.3 Å². The highest BCUT2D eigenvalue weighted by Crippen LogP contribution is 1.96. The van der Waals surface area contributed by atoms with Gasteiger partial charge in [-0.1, -0.05) is 6.42 Å². The zero-order chi connectivity index (χ0) is 17.3. The lowest BCUT2D eigenvalue weighted by Crippen LogP contribution is -2.29. The summed E-state index contributed by atoms with van der Waals surface area (Å²) >= 11 is 0. The first-order chi connectivity index (χ1) is 9.72. The summed E-state index contributed by atoms with van der Waals surface area (Å²) in [4.78, 5) is 28.9. The number of nitrogens with two attached hydrogens (primary N) is 3. The van der Waals surface area contributed by atoms with Crippen LogP contribution in [0.25, 0.3) is 0 Å². The molecular formula is C11H26N4O6. The molecule has 0 radical (unpaired) electrons. The summed E-state index contributed by atoms with van der Waals surface area (Å²) in [5, 5.41) is 26.2. The lowest BCUT2D eigenvalue weighted by molar-refractivity contribution is -0.139. The minimum atomic E-state index is -0.968. The maximum atomic E-state index is 10.1. The Balaban J connectivity index is -0.000000252. The molecule has 0 saturated carbocycles. The van der Waals surface area contributed by atoms with Crippen LogP contribution in [-0.2, 0) is 14.4 Å². The highest BCUT2D eigenvalue weighted by atomic mass is 16.4. The van der Waals surface area contributed by atoms with Crippen molar-refractivity contribution >= 4 is 17.9 Å². The Labute approximate surface area is 123 Å². The number of rotatable bonds is 8. The molecular weight excluding hydrogens is 284 g/mol. The van der Waals surface area contributed by atoms with Crippen molar-refractivity contribution in [1.82, 2.24) is 5.32 Å². The van der Waals surface area contributed by atoms with Gasteiger partial charge in [-0.3, -0.25) is 14.4 Å². The molecule has 0 aliphatic carbocycles. The van der Waals surface area contributed by atoms with Gasteiger partial charge in [0.25, 0.3) is 0 Å². The molecule has 0 aromatic rings. The molecule has 0 aromatic heterocycles. The molecule has 1 atom stereocenters. The van der Waals surface area contributed by atoms with E-state index in [0.29, 0.717) is 13.0 Å². The van der Waals surface area contributed by atoms with Crippen LogP contribution in [-0.4, -0.2) is 66.0 Å². The van der Waals surface area contributed by atoms with E-state index in [1.165, 1.54) is 0 Å². The second kappa shape index (κ2) is 18.2. The van der Waals surface area contributed by atoms with E-state index in [-0.39, 0.29) is 13.1 Å². The van der Waals surface area contributed by atoms with Crippen molar-refractivity contribution in [3.05, 3.63) is 0 Å². The van der Waals surface area contributed by atoms with Crippen LogP contribution < -0.4 is 22.5 Å². The Morgan fingerprint density at radius 1 is 1.05 bits per heavy atom. The van der Waals surface area contributed by atoms with Gasteiger partial charge in [0.2, 0.25) is 0 Å². The van der Waals surface area contributed by atoms with Gasteiger partial charge in [0.1, 0.15) is 6.04 Å². The van der Waals surface area contributed by atoms with Crippen molar-refractivity contribution in [3.8, 4) is 0 Å². The van der Waals surface area contributed by atoms with E-state index in [0.717, 1.165) is 12.8 Å². The highest BCUT2D eigenvalue weighted by molar-refractivity contribution is 5.72. The Morgan fingerprint density at radius 2 is 1.52 bits per heavy atom. The van der Waals surface area contributed by atoms with Gasteiger partial charge in [0.05, 0.1) is 13.1 Å². The molecule has 0 rings (SSSR count). The number of hydrogen-bond donors (Lipinski definition) is 7. The predicted octanol–water partition coefficient (Wildman–Crippen LogP) is -2.15. The zero-order valence-corrected chi connectivity index (χ0v) is 12.1. The molecule has 126 valence electrons. The van der Waals surface area contributed by atoms with Gasteiger partial charge in [0, 0.05) is 0 Å². The number of hydrogen-bond acceptors (Lipinski definition) is 7. The van der Waals surface area contributed by atoms with Gasteiger partial charge in [-0.15, -0.1) is 0 Å². The largest absolute Gasteiger partial charge is 0.480 e. The first-order valence-corrected chi connectivity index (χ1v) is 6.19. The highest BCUT2D eigenvalue weighted by Gasteiger charge is 2.09. The van der Waals surface area contributed by atoms with E-state index in [4.69, 9.17) is 26.8 Å². The predicted molar refractivity (Wildman–Crippen MR) is 76.8 cm³/mol. The Hall–Kier alpha value is -1.75. The Morgan fingerprint density at radius 3 is 1.71 bits per heavy atom. The smallest absolute Gasteiger partial charge is 0.320 e. The lowest BCUT2D eigenvalue weighted by Gasteiger charge is -2.03. The van der Waals surface area contributed by atoms with Gasteiger partial charge in [0.15, 0.2) is 0 Å². The van der Waals surface area contributed by atoms with Gasteiger partial charge < -0.3 is 37.8 Å². The third-order valence-corrected chi connectivity index (χ3v) is 1.79. The quantitative estimate of drug-likeness (QED) is 0.242. The summed E-state index contributed by atoms with van der Waals surface area (Å²) in [7, 11) is 1.59. The maximum Gasteiger partial charge on any atom is 0.320 e. The molecule has 0 aromatic carbocycles. The van der Waals surface area contributed by atoms with Crippen molar-refractivity contribution in [2.75, 3.05) is 26.7 Å². The number of carbonyl (C=O) groups is 3. The molecule has 0 fully saturated rings. The van der Waals surface area contributed by atoms with Crippen LogP contribution in [0.3, 0.4) is 0 Å². The third-order valence-electron chi connectivity index (χ3n) is 1.79. The fraction of sp³-hybridized carbons (Fsp3) is 0.727. The summed E-state index contributed by atoms with van der Waals surface area (Å²) in [6, 6.07) is -0.716. The second-order valence-corrected chi connectivity index (χ2v) is 3.75. The van der Waals surface area contributed by atoms with E-state index in [1.54, 1.807) is 7.05 Å². The summed E-state index contributed by atoms with van der Waals surface area (Å²) in [6.45, 7) is 0.367. The molecule has 0 unspecified atom stereocenters. The van der Waals surface area contributed by atoms with E-state index < -0.39 is 23.9 Å². The van der Waals surface area contributed by atoms with Crippen molar-refractivity contribution in [3.63, 3.8) is 0 Å². The van der Waals surface area contributed by atoms with Crippen LogP contribution in [0.15, 0.2) is 0 Å². The molecule has 10 heteroatoms. The number of carboxylic acid groups (broad SMARTS) is 3. The van der Waals surface area contributed by atoms with Crippen LogP contribution in [0.5, 0.6) is 0 Å². The standard InChI is InChI=1S/C6H14N2O2.C3H7NO2.C2H5NO2/c7-4-2-1-3-5(8)6(9)10;1-4-2-3(5)6;3-1-2(4)5/h5H,1-4,7-8H2,(H,9,10);4H,2H2,1H3,(H,5,6);1,3H2,(H,4,5)/t5-;;/m0../s1. The molecule has 0 spiro atoms. The molecule has 21 heavy (non-hydrogen) atoms. The normalized spacial score (nSPS) is 10.3. The van der Waals surface area contributed by atoms with Crippen LogP contribution >= 0.6 is 0 Å². The minimum absolute atomic E-state index is 0.0417. The first-order valence-electron chi connectivity index (χ1n) is 6.19.